The van der Waals surface area contributed by atoms with Gasteiger partial charge in [0, 0.05) is 31.0 Å². The summed E-state index contributed by atoms with van der Waals surface area (Å²) in [5.41, 5.74) is 0.435. The number of halogens is 3. The molecule has 1 atom stereocenters. The molecule has 0 unspecified atom stereocenters. The average molecular weight is 405 g/mol. The Labute approximate surface area is 163 Å². The standard InChI is InChI=1S/C20H18F3N3O3/c1-26-8-7-12-9-13(5-6-16(12)26)17(27)11-24-18(28)19(29)25-15-4-2-3-14(10-15)20(21,22)23/h2-10,17,27H,11H2,1H3,(H,24,28)(H,25,29)/t17-/m0/s1. The van der Waals surface area contributed by atoms with Crippen molar-refractivity contribution in [2.75, 3.05) is 11.9 Å². The smallest absolute Gasteiger partial charge is 0.387 e. The summed E-state index contributed by atoms with van der Waals surface area (Å²) >= 11 is 0. The number of carbonyl (C=O) groups is 2. The van der Waals surface area contributed by atoms with E-state index in [9.17, 15) is 27.9 Å². The van der Waals surface area contributed by atoms with Gasteiger partial charge in [0.1, 0.15) is 0 Å². The van der Waals surface area contributed by atoms with Crippen LogP contribution in [0.2, 0.25) is 0 Å². The lowest BCUT2D eigenvalue weighted by molar-refractivity contribution is -0.137. The molecule has 3 rings (SSSR count). The van der Waals surface area contributed by atoms with E-state index in [4.69, 9.17) is 0 Å². The van der Waals surface area contributed by atoms with Gasteiger partial charge in [0.2, 0.25) is 0 Å². The molecule has 29 heavy (non-hydrogen) atoms. The zero-order valence-electron chi connectivity index (χ0n) is 15.3. The van der Waals surface area contributed by atoms with Crippen LogP contribution in [0.4, 0.5) is 18.9 Å². The van der Waals surface area contributed by atoms with E-state index < -0.39 is 29.7 Å². The first kappa shape index (κ1) is 20.4. The maximum Gasteiger partial charge on any atom is 0.416 e. The van der Waals surface area contributed by atoms with Crippen molar-refractivity contribution in [2.24, 2.45) is 7.05 Å². The minimum atomic E-state index is -4.56. The van der Waals surface area contributed by atoms with E-state index in [0.29, 0.717) is 5.56 Å². The van der Waals surface area contributed by atoms with Gasteiger partial charge in [-0.15, -0.1) is 0 Å². The molecule has 0 aliphatic rings. The third kappa shape index (κ3) is 4.75. The lowest BCUT2D eigenvalue weighted by atomic mass is 10.1. The Bertz CT molecular complexity index is 1060. The number of fused-ring (bicyclic) bond motifs is 1. The molecule has 6 nitrogen and oxygen atoms in total. The second kappa shape index (κ2) is 7.96. The summed E-state index contributed by atoms with van der Waals surface area (Å²) in [7, 11) is 1.89. The van der Waals surface area contributed by atoms with Crippen LogP contribution in [0.1, 0.15) is 17.2 Å². The van der Waals surface area contributed by atoms with Gasteiger partial charge in [0.15, 0.2) is 0 Å². The van der Waals surface area contributed by atoms with Crippen LogP contribution in [0, 0.1) is 0 Å². The molecule has 3 N–H and O–H groups in total. The summed E-state index contributed by atoms with van der Waals surface area (Å²) < 4.78 is 40.1. The molecule has 1 heterocycles. The molecule has 0 radical (unpaired) electrons. The van der Waals surface area contributed by atoms with Crippen molar-refractivity contribution < 1.29 is 27.9 Å². The number of carbonyl (C=O) groups excluding carboxylic acids is 2. The largest absolute Gasteiger partial charge is 0.416 e. The van der Waals surface area contributed by atoms with Crippen LogP contribution < -0.4 is 10.6 Å². The molecule has 0 fully saturated rings. The SMILES string of the molecule is Cn1ccc2cc([C@@H](O)CNC(=O)C(=O)Nc3cccc(C(F)(F)F)c3)ccc21. The van der Waals surface area contributed by atoms with Gasteiger partial charge in [0.05, 0.1) is 11.7 Å². The van der Waals surface area contributed by atoms with Crippen molar-refractivity contribution in [1.29, 1.82) is 0 Å². The summed E-state index contributed by atoms with van der Waals surface area (Å²) in [6.45, 7) is -0.229. The van der Waals surface area contributed by atoms with E-state index in [1.807, 2.05) is 29.9 Å². The second-order valence-electron chi connectivity index (χ2n) is 6.50. The Morgan fingerprint density at radius 1 is 1.10 bits per heavy atom. The fourth-order valence-corrected chi connectivity index (χ4v) is 2.86. The minimum Gasteiger partial charge on any atom is -0.387 e. The zero-order chi connectivity index (χ0) is 21.2. The molecule has 3 aromatic rings. The minimum absolute atomic E-state index is 0.157. The number of alkyl halides is 3. The molecule has 2 aromatic carbocycles. The lowest BCUT2D eigenvalue weighted by Crippen LogP contribution is -2.37. The predicted octanol–water partition coefficient (Wildman–Crippen LogP) is 2.99. The quantitative estimate of drug-likeness (QED) is 0.584. The van der Waals surface area contributed by atoms with E-state index in [1.54, 1.807) is 12.1 Å². The summed E-state index contributed by atoms with van der Waals surface area (Å²) in [5.74, 6) is -2.20. The highest BCUT2D eigenvalue weighted by Gasteiger charge is 2.30. The van der Waals surface area contributed by atoms with E-state index >= 15 is 0 Å². The number of nitrogens with zero attached hydrogens (tertiary/aromatic N) is 1. The van der Waals surface area contributed by atoms with Crippen LogP contribution in [-0.4, -0.2) is 28.0 Å². The van der Waals surface area contributed by atoms with Crippen LogP contribution in [0.15, 0.2) is 54.7 Å². The monoisotopic (exact) mass is 405 g/mol. The third-order valence-electron chi connectivity index (χ3n) is 4.40. The highest BCUT2D eigenvalue weighted by molar-refractivity contribution is 6.39. The van der Waals surface area contributed by atoms with Gasteiger partial charge in [-0.3, -0.25) is 9.59 Å². The van der Waals surface area contributed by atoms with Crippen LogP contribution in [-0.2, 0) is 22.8 Å². The van der Waals surface area contributed by atoms with E-state index in [-0.39, 0.29) is 12.2 Å². The van der Waals surface area contributed by atoms with Gasteiger partial charge in [-0.1, -0.05) is 12.1 Å². The molecule has 2 amide bonds. The number of nitrogens with one attached hydrogen (secondary N) is 2. The lowest BCUT2D eigenvalue weighted by Gasteiger charge is -2.13. The molecular formula is C20H18F3N3O3. The number of rotatable bonds is 4. The number of hydrogen-bond donors (Lipinski definition) is 3. The Balaban J connectivity index is 1.58. The second-order valence-corrected chi connectivity index (χ2v) is 6.50. The van der Waals surface area contributed by atoms with E-state index in [2.05, 4.69) is 10.6 Å². The molecule has 0 saturated carbocycles. The van der Waals surface area contributed by atoms with Crippen molar-refractivity contribution in [3.8, 4) is 0 Å². The van der Waals surface area contributed by atoms with Crippen LogP contribution in [0.3, 0.4) is 0 Å². The first-order valence-electron chi connectivity index (χ1n) is 8.64. The fraction of sp³-hybridized carbons (Fsp3) is 0.200. The van der Waals surface area contributed by atoms with Gasteiger partial charge >= 0.3 is 18.0 Å². The van der Waals surface area contributed by atoms with Crippen molar-refractivity contribution in [3.63, 3.8) is 0 Å². The number of aliphatic hydroxyl groups is 1. The van der Waals surface area contributed by atoms with Crippen LogP contribution in [0.5, 0.6) is 0 Å². The molecule has 0 spiro atoms. The normalized spacial score (nSPS) is 12.6. The summed E-state index contributed by atoms with van der Waals surface area (Å²) in [4.78, 5) is 23.8. The summed E-state index contributed by atoms with van der Waals surface area (Å²) in [6.07, 6.45) is -3.74. The highest BCUT2D eigenvalue weighted by atomic mass is 19.4. The van der Waals surface area contributed by atoms with Crippen molar-refractivity contribution >= 4 is 28.4 Å². The van der Waals surface area contributed by atoms with Gasteiger partial charge in [0.25, 0.3) is 0 Å². The average Bonchev–Trinajstić information content (AvgIpc) is 3.05. The van der Waals surface area contributed by atoms with Crippen molar-refractivity contribution in [1.82, 2.24) is 9.88 Å². The van der Waals surface area contributed by atoms with Gasteiger partial charge in [-0.2, -0.15) is 13.2 Å². The molecule has 152 valence electrons. The molecule has 0 aliphatic heterocycles. The molecular weight excluding hydrogens is 387 g/mol. The zero-order valence-corrected chi connectivity index (χ0v) is 15.3. The van der Waals surface area contributed by atoms with Crippen molar-refractivity contribution in [2.45, 2.75) is 12.3 Å². The third-order valence-corrected chi connectivity index (χ3v) is 4.40. The Morgan fingerprint density at radius 2 is 1.86 bits per heavy atom. The van der Waals surface area contributed by atoms with E-state index in [0.717, 1.165) is 29.1 Å². The number of amides is 2. The molecule has 9 heteroatoms. The Kier molecular flexibility index (Phi) is 5.60. The topological polar surface area (TPSA) is 83.4 Å². The Hall–Kier alpha value is -3.33. The predicted molar refractivity (Wildman–Crippen MR) is 101 cm³/mol. The number of aromatic nitrogens is 1. The number of hydrogen-bond acceptors (Lipinski definition) is 3. The maximum absolute atomic E-state index is 12.7. The highest BCUT2D eigenvalue weighted by Crippen LogP contribution is 2.30. The van der Waals surface area contributed by atoms with Crippen LogP contribution in [0.25, 0.3) is 10.9 Å². The first-order valence-corrected chi connectivity index (χ1v) is 8.64. The molecule has 0 aliphatic carbocycles. The summed E-state index contributed by atoms with van der Waals surface area (Å²) in [6, 6.07) is 11.1. The maximum atomic E-state index is 12.7. The Morgan fingerprint density at radius 3 is 2.59 bits per heavy atom. The molecule has 1 aromatic heterocycles. The van der Waals surface area contributed by atoms with Crippen molar-refractivity contribution in [3.05, 3.63) is 65.9 Å². The molecule has 0 bridgehead atoms. The number of aryl methyl sites for hydroxylation is 1. The number of anilines is 1. The van der Waals surface area contributed by atoms with Crippen LogP contribution >= 0.6 is 0 Å². The summed E-state index contributed by atoms with van der Waals surface area (Å²) in [5, 5.41) is 15.5. The number of aliphatic hydroxyl groups excluding tert-OH is 1. The van der Waals surface area contributed by atoms with Gasteiger partial charge < -0.3 is 20.3 Å². The molecule has 0 saturated heterocycles. The number of benzene rings is 2. The first-order chi connectivity index (χ1) is 13.6. The van der Waals surface area contributed by atoms with Gasteiger partial charge in [-0.25, -0.2) is 0 Å². The van der Waals surface area contributed by atoms with Gasteiger partial charge in [-0.05, 0) is 47.3 Å². The fourth-order valence-electron chi connectivity index (χ4n) is 2.86. The van der Waals surface area contributed by atoms with E-state index in [1.165, 1.54) is 6.07 Å².